The minimum atomic E-state index is -0.152. The number of esters is 1. The van der Waals surface area contributed by atoms with Crippen molar-refractivity contribution < 1.29 is 14.3 Å². The molecule has 1 unspecified atom stereocenters. The standard InChI is InChI=1S/C13H22O3/c1-5-7-8-11(3)13(14)16-10-9-15-12(4)6-2/h6,11H,2,4-5,7-10H2,1,3H3. The Balaban J connectivity index is 3.56. The third-order valence-electron chi connectivity index (χ3n) is 2.24. The largest absolute Gasteiger partial charge is 0.491 e. The van der Waals surface area contributed by atoms with E-state index in [2.05, 4.69) is 20.1 Å². The number of allylic oxidation sites excluding steroid dienone is 1. The van der Waals surface area contributed by atoms with Gasteiger partial charge >= 0.3 is 5.97 Å². The first-order valence-electron chi connectivity index (χ1n) is 5.72. The molecule has 3 heteroatoms. The topological polar surface area (TPSA) is 35.5 Å². The van der Waals surface area contributed by atoms with Gasteiger partial charge in [-0.15, -0.1) is 0 Å². The van der Waals surface area contributed by atoms with Gasteiger partial charge in [-0.05, 0) is 12.5 Å². The van der Waals surface area contributed by atoms with Crippen molar-refractivity contribution in [2.24, 2.45) is 5.92 Å². The van der Waals surface area contributed by atoms with Crippen LogP contribution in [0, 0.1) is 5.92 Å². The quantitative estimate of drug-likeness (QED) is 0.262. The number of carbonyl (C=O) groups excluding carboxylic acids is 1. The molecule has 0 aliphatic carbocycles. The molecule has 0 bridgehead atoms. The zero-order chi connectivity index (χ0) is 12.4. The van der Waals surface area contributed by atoms with Gasteiger partial charge < -0.3 is 9.47 Å². The van der Waals surface area contributed by atoms with Crippen LogP contribution in [-0.2, 0) is 14.3 Å². The molecule has 1 atom stereocenters. The molecule has 0 aromatic heterocycles. The van der Waals surface area contributed by atoms with E-state index in [1.165, 1.54) is 6.08 Å². The highest BCUT2D eigenvalue weighted by atomic mass is 16.6. The number of hydrogen-bond donors (Lipinski definition) is 0. The minimum Gasteiger partial charge on any atom is -0.491 e. The molecule has 0 aliphatic heterocycles. The fraction of sp³-hybridized carbons (Fsp3) is 0.615. The summed E-state index contributed by atoms with van der Waals surface area (Å²) in [4.78, 5) is 11.4. The van der Waals surface area contributed by atoms with Gasteiger partial charge in [0, 0.05) is 0 Å². The molecule has 0 aromatic carbocycles. The molecular formula is C13H22O3. The van der Waals surface area contributed by atoms with Crippen LogP contribution in [0.4, 0.5) is 0 Å². The van der Waals surface area contributed by atoms with Crippen molar-refractivity contribution in [2.45, 2.75) is 33.1 Å². The van der Waals surface area contributed by atoms with E-state index in [9.17, 15) is 4.79 Å². The smallest absolute Gasteiger partial charge is 0.308 e. The van der Waals surface area contributed by atoms with E-state index in [4.69, 9.17) is 9.47 Å². The molecule has 0 heterocycles. The maximum absolute atomic E-state index is 11.4. The average molecular weight is 226 g/mol. The molecule has 16 heavy (non-hydrogen) atoms. The van der Waals surface area contributed by atoms with Crippen molar-refractivity contribution in [1.29, 1.82) is 0 Å². The van der Waals surface area contributed by atoms with Crippen molar-refractivity contribution in [3.63, 3.8) is 0 Å². The Kier molecular flexibility index (Phi) is 8.31. The number of carbonyl (C=O) groups is 1. The second kappa shape index (κ2) is 9.01. The predicted molar refractivity (Wildman–Crippen MR) is 64.9 cm³/mol. The van der Waals surface area contributed by atoms with Crippen molar-refractivity contribution in [1.82, 2.24) is 0 Å². The fourth-order valence-corrected chi connectivity index (χ4v) is 1.14. The van der Waals surface area contributed by atoms with Gasteiger partial charge in [-0.3, -0.25) is 4.79 Å². The van der Waals surface area contributed by atoms with E-state index in [0.29, 0.717) is 12.4 Å². The van der Waals surface area contributed by atoms with Gasteiger partial charge in [-0.1, -0.05) is 39.8 Å². The summed E-state index contributed by atoms with van der Waals surface area (Å²) in [7, 11) is 0. The third kappa shape index (κ3) is 7.10. The van der Waals surface area contributed by atoms with Crippen LogP contribution < -0.4 is 0 Å². The van der Waals surface area contributed by atoms with E-state index in [1.807, 2.05) is 6.92 Å². The zero-order valence-corrected chi connectivity index (χ0v) is 10.3. The van der Waals surface area contributed by atoms with Crippen LogP contribution in [0.5, 0.6) is 0 Å². The Hall–Kier alpha value is -1.25. The van der Waals surface area contributed by atoms with Gasteiger partial charge in [-0.2, -0.15) is 0 Å². The summed E-state index contributed by atoms with van der Waals surface area (Å²) in [5.41, 5.74) is 0. The van der Waals surface area contributed by atoms with Crippen LogP contribution in [0.25, 0.3) is 0 Å². The Labute approximate surface area is 98.1 Å². The molecule has 0 spiro atoms. The van der Waals surface area contributed by atoms with Crippen molar-refractivity contribution in [3.05, 3.63) is 25.0 Å². The molecule has 0 aromatic rings. The zero-order valence-electron chi connectivity index (χ0n) is 10.3. The Morgan fingerprint density at radius 1 is 1.38 bits per heavy atom. The maximum atomic E-state index is 11.4. The normalized spacial score (nSPS) is 11.6. The molecule has 92 valence electrons. The molecular weight excluding hydrogens is 204 g/mol. The lowest BCUT2D eigenvalue weighted by Crippen LogP contribution is -2.17. The monoisotopic (exact) mass is 226 g/mol. The van der Waals surface area contributed by atoms with Crippen LogP contribution in [0.2, 0.25) is 0 Å². The SMILES string of the molecule is C=CC(=C)OCCOC(=O)C(C)CCCC. The first-order chi connectivity index (χ1) is 7.61. The first-order valence-corrected chi connectivity index (χ1v) is 5.72. The lowest BCUT2D eigenvalue weighted by Gasteiger charge is -2.11. The number of unbranched alkanes of at least 4 members (excludes halogenated alkanes) is 1. The maximum Gasteiger partial charge on any atom is 0.308 e. The van der Waals surface area contributed by atoms with Gasteiger partial charge in [-0.25, -0.2) is 0 Å². The fourth-order valence-electron chi connectivity index (χ4n) is 1.14. The van der Waals surface area contributed by atoms with E-state index < -0.39 is 0 Å². The van der Waals surface area contributed by atoms with Gasteiger partial charge in [0.2, 0.25) is 0 Å². The lowest BCUT2D eigenvalue weighted by atomic mass is 10.1. The second-order valence-electron chi connectivity index (χ2n) is 3.73. The molecule has 0 fully saturated rings. The third-order valence-corrected chi connectivity index (χ3v) is 2.24. The first kappa shape index (κ1) is 14.8. The van der Waals surface area contributed by atoms with E-state index in [1.54, 1.807) is 0 Å². The van der Waals surface area contributed by atoms with Gasteiger partial charge in [0.15, 0.2) is 0 Å². The molecule has 0 N–H and O–H groups in total. The van der Waals surface area contributed by atoms with Crippen LogP contribution in [-0.4, -0.2) is 19.2 Å². The van der Waals surface area contributed by atoms with Crippen LogP contribution in [0.1, 0.15) is 33.1 Å². The van der Waals surface area contributed by atoms with Crippen LogP contribution in [0.15, 0.2) is 25.0 Å². The van der Waals surface area contributed by atoms with Crippen molar-refractivity contribution >= 4 is 5.97 Å². The van der Waals surface area contributed by atoms with Crippen LogP contribution >= 0.6 is 0 Å². The molecule has 0 rings (SSSR count). The molecule has 0 aliphatic rings. The minimum absolute atomic E-state index is 0.0254. The van der Waals surface area contributed by atoms with Gasteiger partial charge in [0.1, 0.15) is 19.0 Å². The highest BCUT2D eigenvalue weighted by molar-refractivity contribution is 5.71. The summed E-state index contributed by atoms with van der Waals surface area (Å²) in [6.45, 7) is 11.7. The summed E-state index contributed by atoms with van der Waals surface area (Å²) >= 11 is 0. The molecule has 3 nitrogen and oxygen atoms in total. The average Bonchev–Trinajstić information content (AvgIpc) is 2.30. The Morgan fingerprint density at radius 2 is 2.00 bits per heavy atom. The highest BCUT2D eigenvalue weighted by Gasteiger charge is 2.13. The highest BCUT2D eigenvalue weighted by Crippen LogP contribution is 2.09. The Bertz CT molecular complexity index is 233. The lowest BCUT2D eigenvalue weighted by molar-refractivity contribution is -0.149. The van der Waals surface area contributed by atoms with Crippen molar-refractivity contribution in [2.75, 3.05) is 13.2 Å². The van der Waals surface area contributed by atoms with Crippen molar-refractivity contribution in [3.8, 4) is 0 Å². The molecule has 0 saturated carbocycles. The van der Waals surface area contributed by atoms with E-state index in [0.717, 1.165) is 19.3 Å². The number of rotatable bonds is 9. The summed E-state index contributed by atoms with van der Waals surface area (Å²) in [6.07, 6.45) is 4.56. The molecule has 0 saturated heterocycles. The summed E-state index contributed by atoms with van der Waals surface area (Å²) in [6, 6.07) is 0. The predicted octanol–water partition coefficient (Wildman–Crippen LogP) is 3.07. The van der Waals surface area contributed by atoms with E-state index in [-0.39, 0.29) is 18.5 Å². The molecule has 0 amide bonds. The summed E-state index contributed by atoms with van der Waals surface area (Å²) in [5.74, 6) is 0.318. The molecule has 0 radical (unpaired) electrons. The van der Waals surface area contributed by atoms with Gasteiger partial charge in [0.25, 0.3) is 0 Å². The van der Waals surface area contributed by atoms with Gasteiger partial charge in [0.05, 0.1) is 5.92 Å². The van der Waals surface area contributed by atoms with Crippen LogP contribution in [0.3, 0.4) is 0 Å². The summed E-state index contributed by atoms with van der Waals surface area (Å²) in [5, 5.41) is 0. The second-order valence-corrected chi connectivity index (χ2v) is 3.73. The number of hydrogen-bond acceptors (Lipinski definition) is 3. The Morgan fingerprint density at radius 3 is 2.56 bits per heavy atom. The number of ether oxygens (including phenoxy) is 2. The van der Waals surface area contributed by atoms with E-state index >= 15 is 0 Å². The summed E-state index contributed by atoms with van der Waals surface area (Å²) < 4.78 is 10.2.